The van der Waals surface area contributed by atoms with Gasteiger partial charge in [-0.1, -0.05) is 5.92 Å². The summed E-state index contributed by atoms with van der Waals surface area (Å²) in [7, 11) is 0. The number of terminal acetylenes is 1. The zero-order valence-electron chi connectivity index (χ0n) is 12.3. The lowest BCUT2D eigenvalue weighted by Crippen LogP contribution is -2.42. The van der Waals surface area contributed by atoms with Gasteiger partial charge >= 0.3 is 0 Å². The number of benzene rings is 1. The minimum Gasteiger partial charge on any atom is -0.481 e. The van der Waals surface area contributed by atoms with E-state index in [2.05, 4.69) is 16.4 Å². The van der Waals surface area contributed by atoms with Crippen molar-refractivity contribution in [1.29, 1.82) is 0 Å². The van der Waals surface area contributed by atoms with Crippen LogP contribution >= 0.6 is 0 Å². The number of hydrogen-bond acceptors (Lipinski definition) is 5. The summed E-state index contributed by atoms with van der Waals surface area (Å²) in [6.45, 7) is 3.46. The van der Waals surface area contributed by atoms with Gasteiger partial charge in [-0.25, -0.2) is 5.43 Å². The van der Waals surface area contributed by atoms with Gasteiger partial charge in [0.05, 0.1) is 26.0 Å². The predicted molar refractivity (Wildman–Crippen MR) is 83.8 cm³/mol. The van der Waals surface area contributed by atoms with Gasteiger partial charge in [0.25, 0.3) is 5.91 Å². The third-order valence-corrected chi connectivity index (χ3v) is 3.08. The summed E-state index contributed by atoms with van der Waals surface area (Å²) in [5.41, 5.74) is 3.38. The Labute approximate surface area is 130 Å². The average molecular weight is 301 g/mol. The number of nitrogens with one attached hydrogen (secondary N) is 1. The standard InChI is InChI=1S/C16H19N3O3/c1-2-9-22-15-5-3-14(4-6-15)12-17-18-16(20)13-19-7-10-21-11-8-19/h1,3-6,12H,7-11,13H2,(H,18,20). The molecule has 1 N–H and O–H groups in total. The van der Waals surface area contributed by atoms with Crippen LogP contribution in [0, 0.1) is 12.3 Å². The smallest absolute Gasteiger partial charge is 0.254 e. The van der Waals surface area contributed by atoms with Gasteiger partial charge in [-0.05, 0) is 29.8 Å². The Bertz CT molecular complexity index is 543. The van der Waals surface area contributed by atoms with Gasteiger partial charge in [-0.15, -0.1) is 6.42 Å². The van der Waals surface area contributed by atoms with Crippen LogP contribution in [-0.2, 0) is 9.53 Å². The molecule has 0 aromatic heterocycles. The summed E-state index contributed by atoms with van der Waals surface area (Å²) >= 11 is 0. The number of carbonyl (C=O) groups excluding carboxylic acids is 1. The monoisotopic (exact) mass is 301 g/mol. The lowest BCUT2D eigenvalue weighted by Gasteiger charge is -2.25. The number of amides is 1. The molecular formula is C16H19N3O3. The fourth-order valence-corrected chi connectivity index (χ4v) is 1.95. The zero-order chi connectivity index (χ0) is 15.6. The lowest BCUT2D eigenvalue weighted by molar-refractivity contribution is -0.123. The number of hydrazone groups is 1. The number of morpholine rings is 1. The molecule has 1 amide bonds. The maximum Gasteiger partial charge on any atom is 0.254 e. The lowest BCUT2D eigenvalue weighted by atomic mass is 10.2. The minimum atomic E-state index is -0.132. The van der Waals surface area contributed by atoms with Crippen LogP contribution in [0.5, 0.6) is 5.75 Å². The number of nitrogens with zero attached hydrogens (tertiary/aromatic N) is 2. The number of ether oxygens (including phenoxy) is 2. The van der Waals surface area contributed by atoms with E-state index in [9.17, 15) is 4.79 Å². The molecular weight excluding hydrogens is 282 g/mol. The first-order valence-electron chi connectivity index (χ1n) is 7.06. The van der Waals surface area contributed by atoms with Crippen molar-refractivity contribution in [2.75, 3.05) is 39.5 Å². The van der Waals surface area contributed by atoms with Crippen LogP contribution < -0.4 is 10.2 Å². The topological polar surface area (TPSA) is 63.2 Å². The number of rotatable bonds is 6. The summed E-state index contributed by atoms with van der Waals surface area (Å²) in [5.74, 6) is 2.97. The Hall–Kier alpha value is -2.36. The Balaban J connectivity index is 1.74. The van der Waals surface area contributed by atoms with Crippen molar-refractivity contribution < 1.29 is 14.3 Å². The molecule has 1 aromatic rings. The van der Waals surface area contributed by atoms with Gasteiger partial charge in [0.1, 0.15) is 12.4 Å². The van der Waals surface area contributed by atoms with Gasteiger partial charge in [0, 0.05) is 13.1 Å². The maximum atomic E-state index is 11.7. The first-order valence-corrected chi connectivity index (χ1v) is 7.06. The molecule has 1 aliphatic heterocycles. The van der Waals surface area contributed by atoms with Crippen LogP contribution in [-0.4, -0.2) is 56.5 Å². The Morgan fingerprint density at radius 3 is 2.82 bits per heavy atom. The second-order valence-electron chi connectivity index (χ2n) is 4.74. The van der Waals surface area contributed by atoms with Crippen LogP contribution in [0.15, 0.2) is 29.4 Å². The van der Waals surface area contributed by atoms with Crippen molar-refractivity contribution in [3.63, 3.8) is 0 Å². The largest absolute Gasteiger partial charge is 0.481 e. The first-order chi connectivity index (χ1) is 10.8. The Morgan fingerprint density at radius 2 is 2.14 bits per heavy atom. The molecule has 116 valence electrons. The molecule has 0 radical (unpaired) electrons. The van der Waals surface area contributed by atoms with E-state index in [0.717, 1.165) is 18.7 Å². The quantitative estimate of drug-likeness (QED) is 0.472. The highest BCUT2D eigenvalue weighted by Gasteiger charge is 2.13. The van der Waals surface area contributed by atoms with Crippen LogP contribution in [0.3, 0.4) is 0 Å². The van der Waals surface area contributed by atoms with Gasteiger partial charge in [-0.3, -0.25) is 9.69 Å². The molecule has 1 heterocycles. The van der Waals surface area contributed by atoms with E-state index >= 15 is 0 Å². The molecule has 0 spiro atoms. The van der Waals surface area contributed by atoms with Crippen LogP contribution in [0.25, 0.3) is 0 Å². The van der Waals surface area contributed by atoms with E-state index in [0.29, 0.717) is 25.5 Å². The minimum absolute atomic E-state index is 0.132. The molecule has 22 heavy (non-hydrogen) atoms. The van der Waals surface area contributed by atoms with Gasteiger partial charge in [0.2, 0.25) is 0 Å². The summed E-state index contributed by atoms with van der Waals surface area (Å²) in [6.07, 6.45) is 6.71. The van der Waals surface area contributed by atoms with Crippen molar-refractivity contribution in [1.82, 2.24) is 10.3 Å². The van der Waals surface area contributed by atoms with Crippen molar-refractivity contribution in [3.05, 3.63) is 29.8 Å². The number of hydrogen-bond donors (Lipinski definition) is 1. The fraction of sp³-hybridized carbons (Fsp3) is 0.375. The molecule has 0 aliphatic carbocycles. The normalized spacial score (nSPS) is 15.4. The third-order valence-electron chi connectivity index (χ3n) is 3.08. The van der Waals surface area contributed by atoms with Crippen molar-refractivity contribution in [2.45, 2.75) is 0 Å². The van der Waals surface area contributed by atoms with Crippen molar-refractivity contribution in [2.24, 2.45) is 5.10 Å². The molecule has 0 bridgehead atoms. The van der Waals surface area contributed by atoms with E-state index in [1.54, 1.807) is 18.3 Å². The SMILES string of the molecule is C#CCOc1ccc(C=NNC(=O)CN2CCOCC2)cc1. The molecule has 2 rings (SSSR count). The third kappa shape index (κ3) is 5.56. The average Bonchev–Trinajstić information content (AvgIpc) is 2.55. The van der Waals surface area contributed by atoms with E-state index in [1.165, 1.54) is 0 Å². The van der Waals surface area contributed by atoms with Crippen LogP contribution in [0.1, 0.15) is 5.56 Å². The van der Waals surface area contributed by atoms with Gasteiger partial charge in [0.15, 0.2) is 0 Å². The first kappa shape index (κ1) is 16.0. The van der Waals surface area contributed by atoms with Crippen molar-refractivity contribution in [3.8, 4) is 18.1 Å². The molecule has 0 saturated carbocycles. The summed E-state index contributed by atoms with van der Waals surface area (Å²) in [5, 5.41) is 3.94. The second-order valence-corrected chi connectivity index (χ2v) is 4.74. The summed E-state index contributed by atoms with van der Waals surface area (Å²) in [6, 6.07) is 7.27. The summed E-state index contributed by atoms with van der Waals surface area (Å²) in [4.78, 5) is 13.8. The fourth-order valence-electron chi connectivity index (χ4n) is 1.95. The Morgan fingerprint density at radius 1 is 1.41 bits per heavy atom. The predicted octanol–water partition coefficient (Wildman–Crippen LogP) is 0.481. The second kappa shape index (κ2) is 8.82. The van der Waals surface area contributed by atoms with E-state index < -0.39 is 0 Å². The highest BCUT2D eigenvalue weighted by molar-refractivity contribution is 5.83. The highest BCUT2D eigenvalue weighted by Crippen LogP contribution is 2.10. The number of carbonyl (C=O) groups is 1. The van der Waals surface area contributed by atoms with Crippen LogP contribution in [0.4, 0.5) is 0 Å². The molecule has 6 nitrogen and oxygen atoms in total. The molecule has 1 saturated heterocycles. The van der Waals surface area contributed by atoms with E-state index in [4.69, 9.17) is 15.9 Å². The molecule has 0 atom stereocenters. The molecule has 1 aromatic carbocycles. The maximum absolute atomic E-state index is 11.7. The van der Waals surface area contributed by atoms with Gasteiger partial charge < -0.3 is 9.47 Å². The molecule has 1 fully saturated rings. The van der Waals surface area contributed by atoms with Crippen molar-refractivity contribution >= 4 is 12.1 Å². The van der Waals surface area contributed by atoms with Crippen LogP contribution in [0.2, 0.25) is 0 Å². The molecule has 1 aliphatic rings. The molecule has 0 unspecified atom stereocenters. The highest BCUT2D eigenvalue weighted by atomic mass is 16.5. The van der Waals surface area contributed by atoms with E-state index in [-0.39, 0.29) is 12.5 Å². The molecule has 6 heteroatoms. The zero-order valence-corrected chi connectivity index (χ0v) is 12.3. The summed E-state index contributed by atoms with van der Waals surface area (Å²) < 4.78 is 10.5. The van der Waals surface area contributed by atoms with E-state index in [1.807, 2.05) is 17.0 Å². The van der Waals surface area contributed by atoms with Gasteiger partial charge in [-0.2, -0.15) is 5.10 Å². The Kier molecular flexibility index (Phi) is 6.42.